The van der Waals surface area contributed by atoms with Gasteiger partial charge in [-0.15, -0.1) is 0 Å². The summed E-state index contributed by atoms with van der Waals surface area (Å²) in [6, 6.07) is 3.56. The Morgan fingerprint density at radius 2 is 1.72 bits per heavy atom. The molecule has 1 aromatic rings. The molecule has 1 aliphatic carbocycles. The molecule has 0 aliphatic heterocycles. The van der Waals surface area contributed by atoms with Crippen LogP contribution < -0.4 is 0 Å². The van der Waals surface area contributed by atoms with E-state index in [1.807, 2.05) is 0 Å². The maximum Gasteiger partial charge on any atom is 0.129 e. The molecular weight excluding hydrogens is 234 g/mol. The smallest absolute Gasteiger partial charge is 0.129 e. The van der Waals surface area contributed by atoms with Gasteiger partial charge < -0.3 is 5.11 Å². The summed E-state index contributed by atoms with van der Waals surface area (Å²) in [6.07, 6.45) is 3.50. The normalized spacial score (nSPS) is 21.8. The van der Waals surface area contributed by atoms with E-state index in [1.54, 1.807) is 0 Å². The number of halogens is 2. The van der Waals surface area contributed by atoms with E-state index in [2.05, 4.69) is 13.8 Å². The van der Waals surface area contributed by atoms with E-state index < -0.39 is 17.2 Å². The summed E-state index contributed by atoms with van der Waals surface area (Å²) in [4.78, 5) is 0. The highest BCUT2D eigenvalue weighted by atomic mass is 19.1. The van der Waals surface area contributed by atoms with Crippen molar-refractivity contribution in [3.63, 3.8) is 0 Å². The molecule has 0 aromatic heterocycles. The van der Waals surface area contributed by atoms with Crippen molar-refractivity contribution >= 4 is 0 Å². The average Bonchev–Trinajstić information content (AvgIpc) is 2.28. The molecule has 0 heterocycles. The van der Waals surface area contributed by atoms with Crippen LogP contribution >= 0.6 is 0 Å². The number of rotatable bonds is 2. The molecule has 0 spiro atoms. The molecule has 0 atom stereocenters. The molecule has 1 aromatic carbocycles. The zero-order valence-corrected chi connectivity index (χ0v) is 11.0. The van der Waals surface area contributed by atoms with Gasteiger partial charge in [0.1, 0.15) is 11.6 Å². The van der Waals surface area contributed by atoms with Crippen LogP contribution in [0.15, 0.2) is 18.2 Å². The Kier molecular flexibility index (Phi) is 3.45. The van der Waals surface area contributed by atoms with Gasteiger partial charge in [0, 0.05) is 12.5 Å². The molecular formula is C15H20F2O. The molecule has 18 heavy (non-hydrogen) atoms. The average molecular weight is 254 g/mol. The van der Waals surface area contributed by atoms with Crippen molar-refractivity contribution in [3.8, 4) is 0 Å². The first kappa shape index (κ1) is 13.5. The van der Waals surface area contributed by atoms with Gasteiger partial charge in [-0.1, -0.05) is 19.9 Å². The van der Waals surface area contributed by atoms with E-state index in [4.69, 9.17) is 0 Å². The lowest BCUT2D eigenvalue weighted by atomic mass is 9.69. The molecule has 1 nitrogen and oxygen atoms in total. The van der Waals surface area contributed by atoms with Gasteiger partial charge in [-0.25, -0.2) is 8.78 Å². The van der Waals surface area contributed by atoms with Crippen LogP contribution in [0.1, 0.15) is 45.1 Å². The van der Waals surface area contributed by atoms with Crippen LogP contribution in [0, 0.1) is 17.0 Å². The molecule has 0 saturated heterocycles. The first-order valence-corrected chi connectivity index (χ1v) is 6.46. The summed E-state index contributed by atoms with van der Waals surface area (Å²) in [7, 11) is 0. The largest absolute Gasteiger partial charge is 0.390 e. The van der Waals surface area contributed by atoms with Crippen LogP contribution in [0.2, 0.25) is 0 Å². The minimum absolute atomic E-state index is 0.258. The van der Waals surface area contributed by atoms with E-state index in [9.17, 15) is 13.9 Å². The van der Waals surface area contributed by atoms with Crippen LogP contribution in [0.3, 0.4) is 0 Å². The summed E-state index contributed by atoms with van der Waals surface area (Å²) in [6.45, 7) is 4.37. The predicted octanol–water partition coefficient (Wildman–Crippen LogP) is 3.84. The second-order valence-corrected chi connectivity index (χ2v) is 6.30. The van der Waals surface area contributed by atoms with Gasteiger partial charge in [-0.2, -0.15) is 0 Å². The molecule has 1 saturated carbocycles. The molecule has 1 aliphatic rings. The van der Waals surface area contributed by atoms with Crippen molar-refractivity contribution in [1.29, 1.82) is 0 Å². The fourth-order valence-corrected chi connectivity index (χ4v) is 2.59. The van der Waals surface area contributed by atoms with E-state index in [0.717, 1.165) is 18.9 Å². The zero-order valence-electron chi connectivity index (χ0n) is 11.0. The van der Waals surface area contributed by atoms with Gasteiger partial charge in [-0.05, 0) is 42.7 Å². The van der Waals surface area contributed by atoms with E-state index in [-0.39, 0.29) is 11.8 Å². The number of aliphatic hydroxyl groups is 1. The van der Waals surface area contributed by atoms with Crippen molar-refractivity contribution in [2.24, 2.45) is 5.41 Å². The summed E-state index contributed by atoms with van der Waals surface area (Å²) in [5.74, 6) is -1.14. The topological polar surface area (TPSA) is 20.2 Å². The molecule has 0 unspecified atom stereocenters. The Morgan fingerprint density at radius 1 is 1.11 bits per heavy atom. The highest BCUT2D eigenvalue weighted by Crippen LogP contribution is 2.41. The van der Waals surface area contributed by atoms with Gasteiger partial charge >= 0.3 is 0 Å². The lowest BCUT2D eigenvalue weighted by Gasteiger charge is -2.40. The Bertz CT molecular complexity index is 430. The molecule has 100 valence electrons. The molecule has 1 fully saturated rings. The second-order valence-electron chi connectivity index (χ2n) is 6.30. The number of hydrogen-bond acceptors (Lipinski definition) is 1. The van der Waals surface area contributed by atoms with Crippen LogP contribution in [0.4, 0.5) is 8.78 Å². The monoisotopic (exact) mass is 254 g/mol. The lowest BCUT2D eigenvalue weighted by molar-refractivity contribution is -0.0257. The third-order valence-corrected chi connectivity index (χ3v) is 4.07. The van der Waals surface area contributed by atoms with Gasteiger partial charge in [0.05, 0.1) is 5.60 Å². The van der Waals surface area contributed by atoms with Crippen molar-refractivity contribution in [3.05, 3.63) is 35.4 Å². The first-order valence-electron chi connectivity index (χ1n) is 6.46. The minimum Gasteiger partial charge on any atom is -0.390 e. The SMILES string of the molecule is CC1(C)CCC(O)(Cc2ccc(F)cc2F)CC1. The molecule has 3 heteroatoms. The first-order chi connectivity index (χ1) is 8.30. The van der Waals surface area contributed by atoms with Gasteiger partial charge in [0.2, 0.25) is 0 Å². The summed E-state index contributed by atoms with van der Waals surface area (Å²) >= 11 is 0. The van der Waals surface area contributed by atoms with Gasteiger partial charge in [0.15, 0.2) is 0 Å². The van der Waals surface area contributed by atoms with Crippen molar-refractivity contribution in [2.75, 3.05) is 0 Å². The number of benzene rings is 1. The molecule has 2 rings (SSSR count). The molecule has 0 bridgehead atoms. The summed E-state index contributed by atoms with van der Waals surface area (Å²) in [5.41, 5.74) is -0.180. The highest BCUT2D eigenvalue weighted by molar-refractivity contribution is 5.20. The Balaban J connectivity index is 2.09. The van der Waals surface area contributed by atoms with Crippen molar-refractivity contribution in [1.82, 2.24) is 0 Å². The highest BCUT2D eigenvalue weighted by Gasteiger charge is 2.37. The second kappa shape index (κ2) is 4.61. The fourth-order valence-electron chi connectivity index (χ4n) is 2.59. The molecule has 0 radical (unpaired) electrons. The van der Waals surface area contributed by atoms with Crippen LogP contribution in [0.5, 0.6) is 0 Å². The van der Waals surface area contributed by atoms with E-state index in [1.165, 1.54) is 12.1 Å². The van der Waals surface area contributed by atoms with Gasteiger partial charge in [-0.3, -0.25) is 0 Å². The van der Waals surface area contributed by atoms with E-state index >= 15 is 0 Å². The number of hydrogen-bond donors (Lipinski definition) is 1. The summed E-state index contributed by atoms with van der Waals surface area (Å²) < 4.78 is 26.4. The third-order valence-electron chi connectivity index (χ3n) is 4.07. The van der Waals surface area contributed by atoms with Crippen molar-refractivity contribution < 1.29 is 13.9 Å². The predicted molar refractivity (Wildman–Crippen MR) is 67.3 cm³/mol. The maximum absolute atomic E-state index is 13.6. The van der Waals surface area contributed by atoms with Crippen LogP contribution in [-0.4, -0.2) is 10.7 Å². The quantitative estimate of drug-likeness (QED) is 0.850. The zero-order chi connectivity index (χ0) is 13.4. The Hall–Kier alpha value is -0.960. The van der Waals surface area contributed by atoms with E-state index in [0.29, 0.717) is 18.4 Å². The van der Waals surface area contributed by atoms with Gasteiger partial charge in [0.25, 0.3) is 0 Å². The Morgan fingerprint density at radius 3 is 2.28 bits per heavy atom. The summed E-state index contributed by atoms with van der Waals surface area (Å²) in [5, 5.41) is 10.5. The minimum atomic E-state index is -0.839. The van der Waals surface area contributed by atoms with Crippen LogP contribution in [-0.2, 0) is 6.42 Å². The lowest BCUT2D eigenvalue weighted by Crippen LogP contribution is -2.38. The van der Waals surface area contributed by atoms with Crippen LogP contribution in [0.25, 0.3) is 0 Å². The fraction of sp³-hybridized carbons (Fsp3) is 0.600. The van der Waals surface area contributed by atoms with Crippen molar-refractivity contribution in [2.45, 2.75) is 51.6 Å². The molecule has 0 amide bonds. The standard InChI is InChI=1S/C15H20F2O/c1-14(2)5-7-15(18,8-6-14)10-11-3-4-12(16)9-13(11)17/h3-4,9,18H,5-8,10H2,1-2H3. The molecule has 1 N–H and O–H groups in total. The third kappa shape index (κ3) is 3.08. The maximum atomic E-state index is 13.6. The Labute approximate surface area is 107 Å².